The SMILES string of the molecule is CC(C)(C)OC(=O)N[C@@H](CC1(Cl)C=CC(OCc2ccccc2)=C[C@@H]1O)C(=O)O. The number of carbonyl (C=O) groups is 2. The molecule has 1 aromatic rings. The number of rotatable bonds is 7. The number of carbonyl (C=O) groups excluding carboxylic acids is 1. The average Bonchev–Trinajstić information content (AvgIpc) is 2.61. The van der Waals surface area contributed by atoms with Crippen molar-refractivity contribution in [2.24, 2.45) is 0 Å². The van der Waals surface area contributed by atoms with E-state index in [2.05, 4.69) is 5.32 Å². The number of carboxylic acids is 1. The van der Waals surface area contributed by atoms with Crippen LogP contribution in [0.2, 0.25) is 0 Å². The number of hydrogen-bond acceptors (Lipinski definition) is 5. The molecule has 3 N–H and O–H groups in total. The Morgan fingerprint density at radius 1 is 1.28 bits per heavy atom. The first kappa shape index (κ1) is 22.8. The minimum atomic E-state index is -1.42. The first-order chi connectivity index (χ1) is 13.5. The first-order valence-corrected chi connectivity index (χ1v) is 9.53. The number of benzene rings is 1. The molecule has 0 aliphatic heterocycles. The number of ether oxygens (including phenoxy) is 2. The second kappa shape index (κ2) is 9.33. The molecule has 0 aromatic heterocycles. The lowest BCUT2D eigenvalue weighted by atomic mass is 9.89. The molecule has 7 nitrogen and oxygen atoms in total. The molecule has 0 saturated carbocycles. The van der Waals surface area contributed by atoms with Crippen LogP contribution < -0.4 is 5.32 Å². The molecule has 1 unspecified atom stereocenters. The molecule has 0 heterocycles. The van der Waals surface area contributed by atoms with Crippen molar-refractivity contribution in [1.29, 1.82) is 0 Å². The number of aliphatic carboxylic acids is 1. The van der Waals surface area contributed by atoms with Crippen LogP contribution in [-0.2, 0) is 20.9 Å². The van der Waals surface area contributed by atoms with Crippen LogP contribution in [0.25, 0.3) is 0 Å². The quantitative estimate of drug-likeness (QED) is 0.581. The van der Waals surface area contributed by atoms with Crippen LogP contribution in [0.1, 0.15) is 32.8 Å². The van der Waals surface area contributed by atoms with Gasteiger partial charge in [0.2, 0.25) is 0 Å². The Morgan fingerprint density at radius 3 is 2.48 bits per heavy atom. The van der Waals surface area contributed by atoms with Gasteiger partial charge >= 0.3 is 12.1 Å². The van der Waals surface area contributed by atoms with Gasteiger partial charge in [-0.15, -0.1) is 11.6 Å². The largest absolute Gasteiger partial charge is 0.489 e. The third-order valence-electron chi connectivity index (χ3n) is 4.09. The number of carboxylic acid groups (broad SMARTS) is 1. The molecule has 0 spiro atoms. The van der Waals surface area contributed by atoms with Crippen molar-refractivity contribution < 1.29 is 29.3 Å². The molecule has 3 atom stereocenters. The number of halogens is 1. The second-order valence-electron chi connectivity index (χ2n) is 7.79. The molecule has 0 radical (unpaired) electrons. The van der Waals surface area contributed by atoms with Gasteiger partial charge in [0.05, 0.1) is 11.0 Å². The highest BCUT2D eigenvalue weighted by Crippen LogP contribution is 2.33. The summed E-state index contributed by atoms with van der Waals surface area (Å²) < 4.78 is 10.7. The maximum atomic E-state index is 11.9. The van der Waals surface area contributed by atoms with Crippen LogP contribution >= 0.6 is 11.6 Å². The molecule has 0 fully saturated rings. The lowest BCUT2D eigenvalue weighted by molar-refractivity contribution is -0.139. The summed E-state index contributed by atoms with van der Waals surface area (Å²) in [5, 5.41) is 22.2. The third-order valence-corrected chi connectivity index (χ3v) is 4.60. The summed E-state index contributed by atoms with van der Waals surface area (Å²) in [5.41, 5.74) is 0.190. The molecule has 1 amide bonds. The summed E-state index contributed by atoms with van der Waals surface area (Å²) in [7, 11) is 0. The molecule has 0 saturated heterocycles. The van der Waals surface area contributed by atoms with E-state index >= 15 is 0 Å². The maximum Gasteiger partial charge on any atom is 0.408 e. The number of alkyl carbamates (subject to hydrolysis) is 1. The summed E-state index contributed by atoms with van der Waals surface area (Å²) in [6.45, 7) is 5.32. The van der Waals surface area contributed by atoms with Gasteiger partial charge in [0, 0.05) is 6.42 Å². The Bertz CT molecular complexity index is 786. The molecule has 8 heteroatoms. The summed E-state index contributed by atoms with van der Waals surface area (Å²) in [6.07, 6.45) is 2.15. The van der Waals surface area contributed by atoms with Crippen LogP contribution in [0.5, 0.6) is 0 Å². The number of alkyl halides is 1. The Balaban J connectivity index is 2.00. The predicted octanol–water partition coefficient (Wildman–Crippen LogP) is 3.36. The lowest BCUT2D eigenvalue weighted by Gasteiger charge is -2.33. The van der Waals surface area contributed by atoms with Gasteiger partial charge in [0.25, 0.3) is 0 Å². The van der Waals surface area contributed by atoms with Crippen molar-refractivity contribution in [1.82, 2.24) is 5.32 Å². The van der Waals surface area contributed by atoms with Gasteiger partial charge in [-0.05, 0) is 38.5 Å². The normalized spacial score (nSPS) is 22.4. The number of aliphatic hydroxyl groups excluding tert-OH is 1. The molecule has 29 heavy (non-hydrogen) atoms. The molecule has 2 rings (SSSR count). The van der Waals surface area contributed by atoms with Crippen LogP contribution in [-0.4, -0.2) is 44.9 Å². The van der Waals surface area contributed by atoms with Crippen molar-refractivity contribution in [3.8, 4) is 0 Å². The Hall–Kier alpha value is -2.51. The van der Waals surface area contributed by atoms with E-state index in [0.717, 1.165) is 5.56 Å². The van der Waals surface area contributed by atoms with Crippen LogP contribution in [0.4, 0.5) is 4.79 Å². The summed E-state index contributed by atoms with van der Waals surface area (Å²) >= 11 is 6.47. The fourth-order valence-electron chi connectivity index (χ4n) is 2.66. The van der Waals surface area contributed by atoms with E-state index in [9.17, 15) is 19.8 Å². The third kappa shape index (κ3) is 7.11. The van der Waals surface area contributed by atoms with Crippen LogP contribution in [0.3, 0.4) is 0 Å². The van der Waals surface area contributed by atoms with Gasteiger partial charge in [-0.1, -0.05) is 36.4 Å². The molecule has 1 aliphatic rings. The molecule has 1 aliphatic carbocycles. The van der Waals surface area contributed by atoms with E-state index in [0.29, 0.717) is 12.4 Å². The standard InChI is InChI=1S/C21H26ClNO6/c1-20(2,3)29-19(27)23-16(18(25)26)12-21(22)10-9-15(11-17(21)24)28-13-14-7-5-4-6-8-14/h4-11,16-17,24H,12-13H2,1-3H3,(H,23,27)(H,25,26)/t16-,17-,21?/m0/s1. The van der Waals surface area contributed by atoms with E-state index in [-0.39, 0.29) is 6.42 Å². The van der Waals surface area contributed by atoms with Crippen molar-refractivity contribution in [2.75, 3.05) is 0 Å². The first-order valence-electron chi connectivity index (χ1n) is 9.15. The van der Waals surface area contributed by atoms with Crippen LogP contribution in [0.15, 0.2) is 54.3 Å². The fourth-order valence-corrected chi connectivity index (χ4v) is 2.94. The number of nitrogens with one attached hydrogen (secondary N) is 1. The van der Waals surface area contributed by atoms with Gasteiger partial charge in [-0.2, -0.15) is 0 Å². The maximum absolute atomic E-state index is 11.9. The van der Waals surface area contributed by atoms with E-state index in [4.69, 9.17) is 21.1 Å². The topological polar surface area (TPSA) is 105 Å². The van der Waals surface area contributed by atoms with Crippen LogP contribution in [0, 0.1) is 0 Å². The Morgan fingerprint density at radius 2 is 1.93 bits per heavy atom. The van der Waals surface area contributed by atoms with E-state index in [1.165, 1.54) is 12.2 Å². The highest BCUT2D eigenvalue weighted by molar-refractivity contribution is 6.26. The van der Waals surface area contributed by atoms with E-state index in [1.54, 1.807) is 26.8 Å². The van der Waals surface area contributed by atoms with Crippen molar-refractivity contribution in [2.45, 2.75) is 56.4 Å². The fraction of sp³-hybridized carbons (Fsp3) is 0.429. The Labute approximate surface area is 175 Å². The van der Waals surface area contributed by atoms with Crippen molar-refractivity contribution >= 4 is 23.7 Å². The molecule has 1 aromatic carbocycles. The van der Waals surface area contributed by atoms with Crippen molar-refractivity contribution in [3.05, 3.63) is 59.9 Å². The minimum absolute atomic E-state index is 0.247. The second-order valence-corrected chi connectivity index (χ2v) is 8.49. The number of hydrogen-bond donors (Lipinski definition) is 3. The zero-order valence-electron chi connectivity index (χ0n) is 16.6. The van der Waals surface area contributed by atoms with Gasteiger partial charge in [0.15, 0.2) is 0 Å². The average molecular weight is 424 g/mol. The van der Waals surface area contributed by atoms with E-state index < -0.39 is 34.7 Å². The Kier molecular flexibility index (Phi) is 7.32. The zero-order chi connectivity index (χ0) is 21.7. The number of amides is 1. The lowest BCUT2D eigenvalue weighted by Crippen LogP contribution is -2.49. The molecule has 158 valence electrons. The highest BCUT2D eigenvalue weighted by atomic mass is 35.5. The van der Waals surface area contributed by atoms with Gasteiger partial charge in [-0.3, -0.25) is 0 Å². The van der Waals surface area contributed by atoms with Crippen molar-refractivity contribution in [3.63, 3.8) is 0 Å². The number of allylic oxidation sites excluding steroid dienone is 1. The number of aliphatic hydroxyl groups is 1. The molecular formula is C21H26ClNO6. The smallest absolute Gasteiger partial charge is 0.408 e. The summed E-state index contributed by atoms with van der Waals surface area (Å²) in [4.78, 5) is 22.1. The predicted molar refractivity (Wildman–Crippen MR) is 108 cm³/mol. The van der Waals surface area contributed by atoms with E-state index in [1.807, 2.05) is 30.3 Å². The molecular weight excluding hydrogens is 398 g/mol. The summed E-state index contributed by atoms with van der Waals surface area (Å²) in [6, 6.07) is 8.17. The van der Waals surface area contributed by atoms with Gasteiger partial charge in [-0.25, -0.2) is 9.59 Å². The zero-order valence-corrected chi connectivity index (χ0v) is 17.3. The van der Waals surface area contributed by atoms with Gasteiger partial charge < -0.3 is 25.0 Å². The van der Waals surface area contributed by atoms with Gasteiger partial charge in [0.1, 0.15) is 24.0 Å². The minimum Gasteiger partial charge on any atom is -0.489 e. The molecule has 0 bridgehead atoms. The summed E-state index contributed by atoms with van der Waals surface area (Å²) in [5.74, 6) is -0.865. The monoisotopic (exact) mass is 423 g/mol. The highest BCUT2D eigenvalue weighted by Gasteiger charge is 2.40.